The Morgan fingerprint density at radius 3 is 1.75 bits per heavy atom. The first-order valence-electron chi connectivity index (χ1n) is 4.50. The van der Waals surface area contributed by atoms with Crippen LogP contribution in [-0.4, -0.2) is 17.9 Å². The zero-order valence-electron chi connectivity index (χ0n) is 9.19. The van der Waals surface area contributed by atoms with Gasteiger partial charge in [0.1, 0.15) is 6.54 Å². The highest BCUT2D eigenvalue weighted by Crippen LogP contribution is 2.12. The summed E-state index contributed by atoms with van der Waals surface area (Å²) in [7, 11) is 0. The molecule has 72 valence electrons. The van der Waals surface area contributed by atoms with E-state index >= 15 is 0 Å². The Labute approximate surface area is 75.7 Å². The molecule has 0 atom stereocenters. The van der Waals surface area contributed by atoms with Crippen molar-refractivity contribution in [3.63, 3.8) is 0 Å². The first-order chi connectivity index (χ1) is 5.13. The van der Waals surface area contributed by atoms with Gasteiger partial charge in [-0.2, -0.15) is 0 Å². The van der Waals surface area contributed by atoms with Gasteiger partial charge >= 0.3 is 0 Å². The van der Waals surface area contributed by atoms with Gasteiger partial charge in [-0.15, -0.1) is 0 Å². The molecular formula is C10H22NO+. The third-order valence-corrected chi connectivity index (χ3v) is 1.74. The molecule has 0 saturated heterocycles. The summed E-state index contributed by atoms with van der Waals surface area (Å²) in [5.41, 5.74) is -0.0390. The van der Waals surface area contributed by atoms with E-state index in [1.807, 2.05) is 20.8 Å². The smallest absolute Gasteiger partial charge is 0.192 e. The van der Waals surface area contributed by atoms with Crippen LogP contribution in [0.1, 0.15) is 41.5 Å². The highest BCUT2D eigenvalue weighted by molar-refractivity contribution is 5.84. The fourth-order valence-electron chi connectivity index (χ4n) is 0.705. The van der Waals surface area contributed by atoms with Gasteiger partial charge in [-0.3, -0.25) is 4.79 Å². The van der Waals surface area contributed by atoms with E-state index in [4.69, 9.17) is 0 Å². The molecule has 0 rings (SSSR count). The summed E-state index contributed by atoms with van der Waals surface area (Å²) in [5, 5.41) is 2.08. The maximum Gasteiger partial charge on any atom is 0.192 e. The van der Waals surface area contributed by atoms with E-state index in [9.17, 15) is 4.79 Å². The van der Waals surface area contributed by atoms with E-state index in [-0.39, 0.29) is 11.0 Å². The first kappa shape index (κ1) is 11.6. The molecule has 0 amide bonds. The molecule has 2 N–H and O–H groups in total. The minimum Gasteiger partial charge on any atom is -0.336 e. The van der Waals surface area contributed by atoms with Gasteiger partial charge in [0.25, 0.3) is 0 Å². The normalized spacial score (nSPS) is 13.2. The number of carbonyl (C=O) groups excluding carboxylic acids is 1. The highest BCUT2D eigenvalue weighted by atomic mass is 16.1. The van der Waals surface area contributed by atoms with Crippen molar-refractivity contribution < 1.29 is 10.1 Å². The minimum absolute atomic E-state index is 0.154. The molecule has 2 nitrogen and oxygen atoms in total. The second kappa shape index (κ2) is 3.56. The van der Waals surface area contributed by atoms with Crippen molar-refractivity contribution in [3.8, 4) is 0 Å². The van der Waals surface area contributed by atoms with Gasteiger partial charge in [-0.1, -0.05) is 20.8 Å². The summed E-state index contributed by atoms with van der Waals surface area (Å²) in [6, 6.07) is 0. The van der Waals surface area contributed by atoms with E-state index in [2.05, 4.69) is 26.1 Å². The fraction of sp³-hybridized carbons (Fsp3) is 0.900. The third kappa shape index (κ3) is 5.30. The lowest BCUT2D eigenvalue weighted by atomic mass is 9.90. The molecule has 0 spiro atoms. The summed E-state index contributed by atoms with van der Waals surface area (Å²) in [6.07, 6.45) is 0. The van der Waals surface area contributed by atoms with Crippen molar-refractivity contribution in [2.45, 2.75) is 47.1 Å². The predicted molar refractivity (Wildman–Crippen MR) is 51.0 cm³/mol. The molecular weight excluding hydrogens is 150 g/mol. The summed E-state index contributed by atoms with van der Waals surface area (Å²) >= 11 is 0. The zero-order valence-corrected chi connectivity index (χ0v) is 9.19. The summed E-state index contributed by atoms with van der Waals surface area (Å²) < 4.78 is 0. The molecule has 0 aliphatic rings. The summed E-state index contributed by atoms with van der Waals surface area (Å²) in [4.78, 5) is 11.5. The van der Waals surface area contributed by atoms with E-state index in [0.29, 0.717) is 12.3 Å². The van der Waals surface area contributed by atoms with Crippen molar-refractivity contribution in [1.29, 1.82) is 0 Å². The van der Waals surface area contributed by atoms with E-state index < -0.39 is 0 Å². The molecule has 0 fully saturated rings. The lowest BCUT2D eigenvalue weighted by molar-refractivity contribution is -0.707. The largest absolute Gasteiger partial charge is 0.336 e. The molecule has 0 heterocycles. The summed E-state index contributed by atoms with van der Waals surface area (Å²) in [5.74, 6) is 0.317. The van der Waals surface area contributed by atoms with Crippen LogP contribution >= 0.6 is 0 Å². The average Bonchev–Trinajstić information content (AvgIpc) is 1.78. The number of hydrogen-bond acceptors (Lipinski definition) is 1. The van der Waals surface area contributed by atoms with Crippen LogP contribution in [0.3, 0.4) is 0 Å². The van der Waals surface area contributed by atoms with Crippen LogP contribution in [0.5, 0.6) is 0 Å². The molecule has 0 aliphatic carbocycles. The molecule has 0 bridgehead atoms. The molecule has 0 aromatic rings. The van der Waals surface area contributed by atoms with Crippen LogP contribution in [0.2, 0.25) is 0 Å². The maximum atomic E-state index is 11.5. The molecule has 0 saturated carbocycles. The number of carbonyl (C=O) groups is 1. The molecule has 12 heavy (non-hydrogen) atoms. The molecule has 0 aliphatic heterocycles. The number of nitrogens with two attached hydrogens (primary N) is 1. The van der Waals surface area contributed by atoms with Crippen LogP contribution in [0, 0.1) is 5.41 Å². The third-order valence-electron chi connectivity index (χ3n) is 1.74. The Bertz CT molecular complexity index is 160. The Balaban J connectivity index is 3.90. The van der Waals surface area contributed by atoms with E-state index in [1.165, 1.54) is 0 Å². The molecule has 0 aromatic heterocycles. The standard InChI is InChI=1S/C10H21NO/c1-9(2,3)8(12)7-11-10(4,5)6/h11H,7H2,1-6H3/p+1. The lowest BCUT2D eigenvalue weighted by Crippen LogP contribution is -2.95. The highest BCUT2D eigenvalue weighted by Gasteiger charge is 2.24. The number of hydrogen-bond donors (Lipinski definition) is 1. The molecule has 0 radical (unpaired) electrons. The Hall–Kier alpha value is -0.370. The second-order valence-electron chi connectivity index (χ2n) is 5.45. The maximum absolute atomic E-state index is 11.5. The number of quaternary nitrogens is 1. The van der Waals surface area contributed by atoms with Crippen molar-refractivity contribution >= 4 is 5.78 Å². The van der Waals surface area contributed by atoms with Crippen LogP contribution in [0.25, 0.3) is 0 Å². The Kier molecular flexibility index (Phi) is 3.45. The van der Waals surface area contributed by atoms with Gasteiger partial charge in [-0.05, 0) is 20.8 Å². The zero-order chi connectivity index (χ0) is 9.99. The molecule has 0 unspecified atom stereocenters. The van der Waals surface area contributed by atoms with E-state index in [1.54, 1.807) is 0 Å². The topological polar surface area (TPSA) is 33.7 Å². The average molecular weight is 172 g/mol. The van der Waals surface area contributed by atoms with Crippen LogP contribution < -0.4 is 5.32 Å². The van der Waals surface area contributed by atoms with E-state index in [0.717, 1.165) is 0 Å². The quantitative estimate of drug-likeness (QED) is 0.661. The van der Waals surface area contributed by atoms with Crippen LogP contribution in [0.4, 0.5) is 0 Å². The van der Waals surface area contributed by atoms with Crippen LogP contribution in [-0.2, 0) is 4.79 Å². The lowest BCUT2D eigenvalue weighted by Gasteiger charge is -2.20. The van der Waals surface area contributed by atoms with Gasteiger partial charge in [-0.25, -0.2) is 0 Å². The van der Waals surface area contributed by atoms with Gasteiger partial charge < -0.3 is 5.32 Å². The van der Waals surface area contributed by atoms with Crippen LogP contribution in [0.15, 0.2) is 0 Å². The van der Waals surface area contributed by atoms with Gasteiger partial charge in [0.2, 0.25) is 0 Å². The molecule has 2 heteroatoms. The second-order valence-corrected chi connectivity index (χ2v) is 5.45. The Morgan fingerprint density at radius 1 is 1.08 bits per heavy atom. The SMILES string of the molecule is CC(C)(C)[NH2+]CC(=O)C(C)(C)C. The number of Topliss-reactive ketones (excluding diaryl/α,β-unsaturated/α-hetero) is 1. The van der Waals surface area contributed by atoms with Gasteiger partial charge in [0, 0.05) is 5.41 Å². The fourth-order valence-corrected chi connectivity index (χ4v) is 0.705. The number of ketones is 1. The van der Waals surface area contributed by atoms with Gasteiger partial charge in [0.15, 0.2) is 5.78 Å². The minimum atomic E-state index is -0.193. The van der Waals surface area contributed by atoms with Gasteiger partial charge in [0.05, 0.1) is 5.54 Å². The monoisotopic (exact) mass is 172 g/mol. The van der Waals surface area contributed by atoms with Crippen molar-refractivity contribution in [2.24, 2.45) is 5.41 Å². The number of rotatable bonds is 2. The van der Waals surface area contributed by atoms with Crippen molar-refractivity contribution in [2.75, 3.05) is 6.54 Å². The predicted octanol–water partition coefficient (Wildman–Crippen LogP) is 0.963. The molecule has 0 aromatic carbocycles. The first-order valence-corrected chi connectivity index (χ1v) is 4.50. The Morgan fingerprint density at radius 2 is 1.50 bits per heavy atom. The van der Waals surface area contributed by atoms with Crippen molar-refractivity contribution in [3.05, 3.63) is 0 Å². The van der Waals surface area contributed by atoms with Crippen molar-refractivity contribution in [1.82, 2.24) is 0 Å². The summed E-state index contributed by atoms with van der Waals surface area (Å²) in [6.45, 7) is 12.8.